The van der Waals surface area contributed by atoms with E-state index in [0.29, 0.717) is 12.4 Å². The van der Waals surface area contributed by atoms with Gasteiger partial charge >= 0.3 is 0 Å². The maximum atomic E-state index is 11.2. The van der Waals surface area contributed by atoms with Crippen LogP contribution in [0.5, 0.6) is 5.75 Å². The minimum atomic E-state index is -0.328. The molecule has 0 bridgehead atoms. The smallest absolute Gasteiger partial charge is 0.273 e. The molecule has 1 aliphatic carbocycles. The van der Waals surface area contributed by atoms with Crippen molar-refractivity contribution in [3.05, 3.63) is 62.7 Å². The van der Waals surface area contributed by atoms with E-state index < -0.39 is 0 Å². The number of nitro groups is 1. The number of piperazine rings is 1. The number of aryl methyl sites for hydroxylation is 1. The normalized spacial score (nSPS) is 16.7. The van der Waals surface area contributed by atoms with Crippen molar-refractivity contribution in [2.75, 3.05) is 44.2 Å². The highest BCUT2D eigenvalue weighted by Crippen LogP contribution is 2.35. The van der Waals surface area contributed by atoms with Crippen molar-refractivity contribution in [1.29, 1.82) is 0 Å². The second-order valence-corrected chi connectivity index (χ2v) is 8.14. The summed E-state index contributed by atoms with van der Waals surface area (Å²) in [7, 11) is 0. The number of nitrogens with zero attached hydrogens (tertiary/aromatic N) is 3. The molecule has 0 aromatic heterocycles. The first kappa shape index (κ1) is 20.0. The Balaban J connectivity index is 1.24. The van der Waals surface area contributed by atoms with Crippen LogP contribution in [0.15, 0.2) is 36.4 Å². The predicted octanol–water partition coefficient (Wildman–Crippen LogP) is 4.33. The van der Waals surface area contributed by atoms with Crippen LogP contribution in [0.25, 0.3) is 0 Å². The van der Waals surface area contributed by atoms with E-state index in [4.69, 9.17) is 16.3 Å². The standard InChI is InChI=1S/C22H26ClN3O3/c23-18-5-7-19(8-6-18)25-12-10-24(11-13-25)9-2-14-29-22-16-20(26(27)28)15-17-3-1-4-21(17)22/h5-8,15-16H,1-4,9-14H2. The monoisotopic (exact) mass is 415 g/mol. The Bertz CT molecular complexity index is 864. The van der Waals surface area contributed by atoms with Crippen LogP contribution in [0, 0.1) is 10.1 Å². The van der Waals surface area contributed by atoms with Gasteiger partial charge in [0.1, 0.15) is 5.75 Å². The fraction of sp³-hybridized carbons (Fsp3) is 0.455. The third-order valence-corrected chi connectivity index (χ3v) is 6.06. The minimum Gasteiger partial charge on any atom is -0.493 e. The van der Waals surface area contributed by atoms with E-state index >= 15 is 0 Å². The Morgan fingerprint density at radius 3 is 2.55 bits per heavy atom. The van der Waals surface area contributed by atoms with Crippen LogP contribution < -0.4 is 9.64 Å². The minimum absolute atomic E-state index is 0.138. The zero-order valence-electron chi connectivity index (χ0n) is 16.5. The molecule has 2 aromatic rings. The topological polar surface area (TPSA) is 58.9 Å². The zero-order chi connectivity index (χ0) is 20.2. The average Bonchev–Trinajstić information content (AvgIpc) is 3.21. The van der Waals surface area contributed by atoms with Gasteiger partial charge in [-0.05, 0) is 61.1 Å². The number of rotatable bonds is 7. The van der Waals surface area contributed by atoms with E-state index in [9.17, 15) is 10.1 Å². The Morgan fingerprint density at radius 2 is 1.83 bits per heavy atom. The molecule has 0 N–H and O–H groups in total. The van der Waals surface area contributed by atoms with Gasteiger partial charge in [-0.2, -0.15) is 0 Å². The summed E-state index contributed by atoms with van der Waals surface area (Å²) in [4.78, 5) is 15.7. The predicted molar refractivity (Wildman–Crippen MR) is 115 cm³/mol. The van der Waals surface area contributed by atoms with E-state index in [-0.39, 0.29) is 10.6 Å². The molecular weight excluding hydrogens is 390 g/mol. The van der Waals surface area contributed by atoms with E-state index in [2.05, 4.69) is 21.9 Å². The first-order chi connectivity index (χ1) is 14.1. The van der Waals surface area contributed by atoms with Gasteiger partial charge < -0.3 is 9.64 Å². The number of hydrogen-bond acceptors (Lipinski definition) is 5. The SMILES string of the molecule is O=[N+]([O-])c1cc2c(c(OCCCN3CCN(c4ccc(Cl)cc4)CC3)c1)CCC2. The van der Waals surface area contributed by atoms with Crippen LogP contribution >= 0.6 is 11.6 Å². The molecule has 2 aliphatic rings. The molecule has 154 valence electrons. The summed E-state index contributed by atoms with van der Waals surface area (Å²) in [5.41, 5.74) is 3.59. The Hall–Kier alpha value is -2.31. The summed E-state index contributed by atoms with van der Waals surface area (Å²) in [6, 6.07) is 11.3. The number of nitro benzene ring substituents is 1. The van der Waals surface area contributed by atoms with E-state index in [1.54, 1.807) is 12.1 Å². The van der Waals surface area contributed by atoms with Crippen LogP contribution in [0.4, 0.5) is 11.4 Å². The molecule has 4 rings (SSSR count). The van der Waals surface area contributed by atoms with Gasteiger partial charge in [-0.25, -0.2) is 0 Å². The summed E-state index contributed by atoms with van der Waals surface area (Å²) in [6.45, 7) is 5.61. The molecule has 0 atom stereocenters. The molecule has 1 heterocycles. The van der Waals surface area contributed by atoms with Gasteiger partial charge in [0, 0.05) is 49.5 Å². The maximum Gasteiger partial charge on any atom is 0.273 e. The van der Waals surface area contributed by atoms with Crippen LogP contribution in [0.3, 0.4) is 0 Å². The maximum absolute atomic E-state index is 11.2. The fourth-order valence-electron chi connectivity index (χ4n) is 4.24. The van der Waals surface area contributed by atoms with Gasteiger partial charge in [0.25, 0.3) is 5.69 Å². The van der Waals surface area contributed by atoms with Crippen LogP contribution in [0.1, 0.15) is 24.0 Å². The Labute approximate surface area is 176 Å². The number of ether oxygens (including phenoxy) is 1. The second-order valence-electron chi connectivity index (χ2n) is 7.70. The van der Waals surface area contributed by atoms with Gasteiger partial charge in [0.2, 0.25) is 0 Å². The number of halogens is 1. The van der Waals surface area contributed by atoms with Gasteiger partial charge in [0.05, 0.1) is 17.6 Å². The fourth-order valence-corrected chi connectivity index (χ4v) is 4.36. The highest BCUT2D eigenvalue weighted by molar-refractivity contribution is 6.30. The number of fused-ring (bicyclic) bond motifs is 1. The highest BCUT2D eigenvalue weighted by Gasteiger charge is 2.21. The first-order valence-electron chi connectivity index (χ1n) is 10.3. The number of non-ortho nitro benzene ring substituents is 1. The van der Waals surface area contributed by atoms with Crippen LogP contribution in [0.2, 0.25) is 5.02 Å². The Kier molecular flexibility index (Phi) is 6.21. The molecule has 0 unspecified atom stereocenters. The summed E-state index contributed by atoms with van der Waals surface area (Å²) in [5, 5.41) is 11.9. The van der Waals surface area contributed by atoms with E-state index in [1.807, 2.05) is 12.1 Å². The molecule has 1 saturated heterocycles. The molecule has 1 fully saturated rings. The summed E-state index contributed by atoms with van der Waals surface area (Å²) in [6.07, 6.45) is 3.82. The van der Waals surface area contributed by atoms with Crippen LogP contribution in [-0.4, -0.2) is 49.2 Å². The number of benzene rings is 2. The first-order valence-corrected chi connectivity index (χ1v) is 10.6. The quantitative estimate of drug-likeness (QED) is 0.382. The molecule has 0 spiro atoms. The second kappa shape index (κ2) is 9.01. The molecule has 0 saturated carbocycles. The largest absolute Gasteiger partial charge is 0.493 e. The molecule has 1 aliphatic heterocycles. The van der Waals surface area contributed by atoms with E-state index in [0.717, 1.165) is 74.6 Å². The van der Waals surface area contributed by atoms with Gasteiger partial charge in [-0.15, -0.1) is 0 Å². The lowest BCUT2D eigenvalue weighted by Gasteiger charge is -2.36. The third-order valence-electron chi connectivity index (χ3n) is 5.81. The number of hydrogen-bond donors (Lipinski definition) is 0. The van der Waals surface area contributed by atoms with Crippen molar-refractivity contribution in [2.45, 2.75) is 25.7 Å². The summed E-state index contributed by atoms with van der Waals surface area (Å²) in [5.74, 6) is 0.708. The zero-order valence-corrected chi connectivity index (χ0v) is 17.2. The lowest BCUT2D eigenvalue weighted by atomic mass is 10.1. The molecule has 0 radical (unpaired) electrons. The summed E-state index contributed by atoms with van der Waals surface area (Å²) < 4.78 is 5.98. The van der Waals surface area contributed by atoms with Gasteiger partial charge in [-0.1, -0.05) is 11.6 Å². The summed E-state index contributed by atoms with van der Waals surface area (Å²) >= 11 is 5.97. The van der Waals surface area contributed by atoms with Crippen molar-refractivity contribution >= 4 is 23.0 Å². The average molecular weight is 416 g/mol. The van der Waals surface area contributed by atoms with Crippen molar-refractivity contribution in [2.24, 2.45) is 0 Å². The molecule has 2 aromatic carbocycles. The highest BCUT2D eigenvalue weighted by atomic mass is 35.5. The number of anilines is 1. The van der Waals surface area contributed by atoms with E-state index in [1.165, 1.54) is 5.69 Å². The van der Waals surface area contributed by atoms with Crippen molar-refractivity contribution in [3.8, 4) is 5.75 Å². The molecule has 6 nitrogen and oxygen atoms in total. The molecule has 0 amide bonds. The van der Waals surface area contributed by atoms with Gasteiger partial charge in [0.15, 0.2) is 0 Å². The van der Waals surface area contributed by atoms with Gasteiger partial charge in [-0.3, -0.25) is 15.0 Å². The molecular formula is C22H26ClN3O3. The third kappa shape index (κ3) is 4.82. The molecule has 29 heavy (non-hydrogen) atoms. The lowest BCUT2D eigenvalue weighted by molar-refractivity contribution is -0.385. The van der Waals surface area contributed by atoms with Crippen molar-refractivity contribution in [1.82, 2.24) is 4.90 Å². The Morgan fingerprint density at radius 1 is 1.07 bits per heavy atom. The lowest BCUT2D eigenvalue weighted by Crippen LogP contribution is -2.46. The van der Waals surface area contributed by atoms with Crippen molar-refractivity contribution < 1.29 is 9.66 Å². The van der Waals surface area contributed by atoms with Crippen molar-refractivity contribution in [3.63, 3.8) is 0 Å². The van der Waals surface area contributed by atoms with Crippen LogP contribution in [-0.2, 0) is 12.8 Å². The molecule has 7 heteroatoms.